The van der Waals surface area contributed by atoms with Crippen LogP contribution in [0.5, 0.6) is 0 Å². The van der Waals surface area contributed by atoms with Gasteiger partial charge in [-0.2, -0.15) is 0 Å². The van der Waals surface area contributed by atoms with Crippen LogP contribution in [0.4, 0.5) is 11.4 Å². The largest absolute Gasteiger partial charge is 0.455 e. The van der Waals surface area contributed by atoms with E-state index in [1.807, 2.05) is 84.9 Å². The predicted molar refractivity (Wildman–Crippen MR) is 216 cm³/mol. The van der Waals surface area contributed by atoms with E-state index in [0.29, 0.717) is 30.5 Å². The summed E-state index contributed by atoms with van der Waals surface area (Å²) in [5.74, 6) is -3.66. The molecule has 11 heteroatoms. The minimum atomic E-state index is -1.34. The number of carbonyl (C=O) groups excluding carboxylic acids is 4. The van der Waals surface area contributed by atoms with Crippen LogP contribution in [0.25, 0.3) is 0 Å². The molecule has 3 aromatic carbocycles. The Bertz CT molecular complexity index is 1850. The van der Waals surface area contributed by atoms with Crippen molar-refractivity contribution in [2.24, 2.45) is 11.8 Å². The molecule has 2 bridgehead atoms. The SMILES string of the molecule is C=CCCC(=O)NC[C@@H](OC(=O)[C@@H]1[C@@H]2CC[C@]3(O2)[C@H](C(=O)N(CC=C)c2ccc(N(CC)CC)cc2)N([C@@H](CO)Cc2ccccc2)C(=O)[C@@H]13)c1ccccc1. The van der Waals surface area contributed by atoms with Crippen molar-refractivity contribution in [3.05, 3.63) is 121 Å². The molecule has 1 spiro atoms. The normalized spacial score (nSPS) is 23.2. The lowest BCUT2D eigenvalue weighted by atomic mass is 9.70. The number of hydrogen-bond acceptors (Lipinski definition) is 8. The van der Waals surface area contributed by atoms with Crippen molar-refractivity contribution in [3.8, 4) is 0 Å². The Labute approximate surface area is 329 Å². The van der Waals surface area contributed by atoms with Crippen LogP contribution in [0, 0.1) is 11.8 Å². The van der Waals surface area contributed by atoms with Crippen LogP contribution in [0.1, 0.15) is 56.8 Å². The summed E-state index contributed by atoms with van der Waals surface area (Å²) < 4.78 is 13.0. The van der Waals surface area contributed by atoms with E-state index in [2.05, 4.69) is 37.2 Å². The number of nitrogens with zero attached hydrogens (tertiary/aromatic N) is 3. The summed E-state index contributed by atoms with van der Waals surface area (Å²) in [7, 11) is 0. The molecule has 2 N–H and O–H groups in total. The molecule has 3 saturated heterocycles. The standard InChI is InChI=1S/C45H54N4O7/c1-5-9-20-38(51)46-29-37(32-18-14-11-15-19-32)55-44(54)39-36-25-26-45(56-36)40(39)42(52)49(35(30-50)28-31-16-12-10-13-17-31)41(45)43(53)48(27-6-2)34-23-21-33(22-24-34)47(7-3)8-4/h5-6,10-19,21-24,35-37,39-41,50H,1-2,7-9,20,25-30H2,3-4H3,(H,46,51)/t35-,36+,37-,39-,40-,41+,45-/m1/s1. The number of rotatable bonds is 19. The van der Waals surface area contributed by atoms with Gasteiger partial charge in [0.1, 0.15) is 17.7 Å². The highest BCUT2D eigenvalue weighted by Gasteiger charge is 2.75. The van der Waals surface area contributed by atoms with Crippen LogP contribution in [-0.4, -0.2) is 90.3 Å². The first-order chi connectivity index (χ1) is 27.2. The van der Waals surface area contributed by atoms with Gasteiger partial charge in [0.05, 0.1) is 37.1 Å². The number of hydrogen-bond donors (Lipinski definition) is 2. The van der Waals surface area contributed by atoms with E-state index >= 15 is 9.59 Å². The van der Waals surface area contributed by atoms with Gasteiger partial charge in [0.15, 0.2) is 0 Å². The smallest absolute Gasteiger partial charge is 0.313 e. The second-order valence-corrected chi connectivity index (χ2v) is 14.7. The van der Waals surface area contributed by atoms with E-state index in [1.165, 1.54) is 4.90 Å². The summed E-state index contributed by atoms with van der Waals surface area (Å²) in [6, 6.07) is 24.5. The number of anilines is 2. The molecule has 0 aromatic heterocycles. The van der Waals surface area contributed by atoms with Crippen LogP contribution in [0.3, 0.4) is 0 Å². The zero-order valence-electron chi connectivity index (χ0n) is 32.4. The lowest BCUT2D eigenvalue weighted by Gasteiger charge is -2.39. The van der Waals surface area contributed by atoms with E-state index in [1.54, 1.807) is 17.1 Å². The highest BCUT2D eigenvalue weighted by Crippen LogP contribution is 2.59. The second kappa shape index (κ2) is 18.1. The van der Waals surface area contributed by atoms with Gasteiger partial charge in [0.2, 0.25) is 11.8 Å². The summed E-state index contributed by atoms with van der Waals surface area (Å²) in [5, 5.41) is 13.8. The van der Waals surface area contributed by atoms with Crippen LogP contribution < -0.4 is 15.1 Å². The van der Waals surface area contributed by atoms with Gasteiger partial charge in [-0.05, 0) is 74.9 Å². The van der Waals surface area contributed by atoms with Crippen LogP contribution in [-0.2, 0) is 35.1 Å². The molecule has 0 saturated carbocycles. The molecule has 3 aliphatic rings. The molecule has 6 rings (SSSR count). The lowest BCUT2D eigenvalue weighted by Crippen LogP contribution is -2.59. The van der Waals surface area contributed by atoms with Crippen molar-refractivity contribution in [3.63, 3.8) is 0 Å². The first-order valence-corrected chi connectivity index (χ1v) is 19.8. The predicted octanol–water partition coefficient (Wildman–Crippen LogP) is 5.40. The zero-order chi connectivity index (χ0) is 39.8. The third-order valence-corrected chi connectivity index (χ3v) is 11.5. The van der Waals surface area contributed by atoms with Crippen LogP contribution in [0.2, 0.25) is 0 Å². The van der Waals surface area contributed by atoms with E-state index in [0.717, 1.165) is 24.3 Å². The van der Waals surface area contributed by atoms with E-state index in [4.69, 9.17) is 9.47 Å². The van der Waals surface area contributed by atoms with Gasteiger partial charge >= 0.3 is 5.97 Å². The second-order valence-electron chi connectivity index (χ2n) is 14.7. The molecular formula is C45H54N4O7. The fourth-order valence-corrected chi connectivity index (χ4v) is 8.84. The highest BCUT2D eigenvalue weighted by atomic mass is 16.6. The van der Waals surface area contributed by atoms with Crippen molar-refractivity contribution in [1.29, 1.82) is 0 Å². The van der Waals surface area contributed by atoms with Gasteiger partial charge in [-0.25, -0.2) is 0 Å². The number of benzene rings is 3. The third-order valence-electron chi connectivity index (χ3n) is 11.5. The molecule has 296 valence electrons. The number of amides is 3. The molecule has 3 heterocycles. The molecular weight excluding hydrogens is 709 g/mol. The van der Waals surface area contributed by atoms with Crippen LogP contribution >= 0.6 is 0 Å². The fraction of sp³-hybridized carbons (Fsp3) is 0.422. The molecule has 0 aliphatic carbocycles. The first-order valence-electron chi connectivity index (χ1n) is 19.8. The molecule has 3 fully saturated rings. The Morgan fingerprint density at radius 1 is 0.982 bits per heavy atom. The number of ether oxygens (including phenoxy) is 2. The maximum atomic E-state index is 15.2. The number of fused-ring (bicyclic) bond motifs is 1. The number of nitrogens with one attached hydrogen (secondary N) is 1. The number of esters is 1. The molecule has 11 nitrogen and oxygen atoms in total. The zero-order valence-corrected chi connectivity index (χ0v) is 32.4. The minimum Gasteiger partial charge on any atom is -0.455 e. The van der Waals surface area contributed by atoms with Crippen molar-refractivity contribution < 1.29 is 33.8 Å². The van der Waals surface area contributed by atoms with Gasteiger partial charge in [0, 0.05) is 37.4 Å². The lowest BCUT2D eigenvalue weighted by molar-refractivity contribution is -0.161. The van der Waals surface area contributed by atoms with E-state index in [9.17, 15) is 14.7 Å². The molecule has 7 atom stereocenters. The Hall–Kier alpha value is -5.26. The molecule has 3 aliphatic heterocycles. The monoisotopic (exact) mass is 762 g/mol. The van der Waals surface area contributed by atoms with Gasteiger partial charge in [-0.15, -0.1) is 13.2 Å². The summed E-state index contributed by atoms with van der Waals surface area (Å²) >= 11 is 0. The molecule has 3 aromatic rings. The molecule has 56 heavy (non-hydrogen) atoms. The van der Waals surface area contributed by atoms with Gasteiger partial charge in [-0.3, -0.25) is 19.2 Å². The Morgan fingerprint density at radius 3 is 2.27 bits per heavy atom. The van der Waals surface area contributed by atoms with E-state index < -0.39 is 60.2 Å². The Morgan fingerprint density at radius 2 is 1.64 bits per heavy atom. The van der Waals surface area contributed by atoms with Crippen molar-refractivity contribution in [1.82, 2.24) is 10.2 Å². The number of likely N-dealkylation sites (tertiary alicyclic amines) is 1. The van der Waals surface area contributed by atoms with Gasteiger partial charge in [-0.1, -0.05) is 72.8 Å². The summed E-state index contributed by atoms with van der Waals surface area (Å²) in [6.07, 6.45) is 3.69. The average molecular weight is 763 g/mol. The minimum absolute atomic E-state index is 0.0359. The number of carbonyl (C=O) groups is 4. The number of aliphatic hydroxyl groups excluding tert-OH is 1. The molecule has 0 unspecified atom stereocenters. The third kappa shape index (κ3) is 8.01. The van der Waals surface area contributed by atoms with Crippen LogP contribution in [0.15, 0.2) is 110 Å². The van der Waals surface area contributed by atoms with Crippen molar-refractivity contribution in [2.45, 2.75) is 75.8 Å². The molecule has 3 amide bonds. The first kappa shape index (κ1) is 40.4. The average Bonchev–Trinajstić information content (AvgIpc) is 3.88. The molecule has 0 radical (unpaired) electrons. The highest BCUT2D eigenvalue weighted by molar-refractivity contribution is 6.05. The van der Waals surface area contributed by atoms with Crippen molar-refractivity contribution in [2.75, 3.05) is 42.6 Å². The topological polar surface area (TPSA) is 129 Å². The number of allylic oxidation sites excluding steroid dienone is 1. The van der Waals surface area contributed by atoms with Gasteiger partial charge < -0.3 is 34.6 Å². The van der Waals surface area contributed by atoms with Crippen molar-refractivity contribution >= 4 is 35.1 Å². The number of aliphatic hydroxyl groups is 1. The summed E-state index contributed by atoms with van der Waals surface area (Å²) in [4.78, 5) is 62.6. The summed E-state index contributed by atoms with van der Waals surface area (Å²) in [6.45, 7) is 13.3. The quantitative estimate of drug-likeness (QED) is 0.123. The Kier molecular flexibility index (Phi) is 13.1. The summed E-state index contributed by atoms with van der Waals surface area (Å²) in [5.41, 5.74) is 1.89. The maximum absolute atomic E-state index is 15.2. The van der Waals surface area contributed by atoms with Gasteiger partial charge in [0.25, 0.3) is 5.91 Å². The Balaban J connectivity index is 1.36. The van der Waals surface area contributed by atoms with E-state index in [-0.39, 0.29) is 37.7 Å². The maximum Gasteiger partial charge on any atom is 0.313 e. The fourth-order valence-electron chi connectivity index (χ4n) is 8.84.